The molecule has 2 amide bonds. The third-order valence-electron chi connectivity index (χ3n) is 2.47. The third kappa shape index (κ3) is 2.01. The second-order valence-electron chi connectivity index (χ2n) is 3.57. The second-order valence-corrected chi connectivity index (χ2v) is 3.57. The molecule has 0 atom stereocenters. The number of hydrazine groups is 1. The van der Waals surface area contributed by atoms with Crippen molar-refractivity contribution in [2.45, 2.75) is 19.4 Å². The van der Waals surface area contributed by atoms with Crippen LogP contribution in [0, 0.1) is 0 Å². The van der Waals surface area contributed by atoms with Crippen LogP contribution in [0.1, 0.15) is 18.4 Å². The quantitative estimate of drug-likeness (QED) is 0.426. The molecular formula is C10H12N4O2. The molecule has 0 bridgehead atoms. The normalized spacial score (nSPS) is 15.7. The summed E-state index contributed by atoms with van der Waals surface area (Å²) in [6.45, 7) is 0.287. The van der Waals surface area contributed by atoms with E-state index in [2.05, 4.69) is 10.4 Å². The zero-order chi connectivity index (χ0) is 11.5. The highest BCUT2D eigenvalue weighted by Crippen LogP contribution is 2.15. The van der Waals surface area contributed by atoms with Crippen LogP contribution in [0.3, 0.4) is 0 Å². The van der Waals surface area contributed by atoms with Gasteiger partial charge in [0.15, 0.2) is 0 Å². The molecule has 3 N–H and O–H groups in total. The Labute approximate surface area is 92.4 Å². The zero-order valence-corrected chi connectivity index (χ0v) is 8.64. The molecule has 2 heterocycles. The number of pyridine rings is 1. The van der Waals surface area contributed by atoms with Crippen LogP contribution >= 0.6 is 0 Å². The average Bonchev–Trinajstić information content (AvgIpc) is 2.62. The Hall–Kier alpha value is -1.95. The molecule has 1 aliphatic rings. The van der Waals surface area contributed by atoms with E-state index in [9.17, 15) is 9.59 Å². The van der Waals surface area contributed by atoms with Gasteiger partial charge in [-0.15, -0.1) is 0 Å². The number of anilines is 1. The maximum Gasteiger partial charge on any atom is 0.229 e. The summed E-state index contributed by atoms with van der Waals surface area (Å²) in [6.07, 6.45) is 2.22. The van der Waals surface area contributed by atoms with Crippen LogP contribution in [0.2, 0.25) is 0 Å². The van der Waals surface area contributed by atoms with E-state index in [4.69, 9.17) is 5.84 Å². The number of nitrogen functional groups attached to an aromatic ring is 1. The molecule has 1 aromatic rings. The largest absolute Gasteiger partial charge is 0.308 e. The van der Waals surface area contributed by atoms with Crippen LogP contribution in [0.15, 0.2) is 18.3 Å². The number of hydrogen-bond donors (Lipinski definition) is 2. The molecule has 0 aromatic carbocycles. The number of rotatable bonds is 3. The van der Waals surface area contributed by atoms with Gasteiger partial charge in [0.05, 0.1) is 6.54 Å². The van der Waals surface area contributed by atoms with E-state index in [0.29, 0.717) is 18.7 Å². The van der Waals surface area contributed by atoms with Gasteiger partial charge < -0.3 is 5.43 Å². The summed E-state index contributed by atoms with van der Waals surface area (Å²) < 4.78 is 0. The molecule has 6 nitrogen and oxygen atoms in total. The standard InChI is InChI=1S/C10H12N4O2/c11-13-8-2-1-7(5-12-8)6-14-9(15)3-4-10(14)16/h1-2,5H,3-4,6,11H2,(H,12,13). The first kappa shape index (κ1) is 10.6. The number of nitrogens with zero attached hydrogens (tertiary/aromatic N) is 2. The minimum absolute atomic E-state index is 0.119. The first-order chi connectivity index (χ1) is 7.70. The van der Waals surface area contributed by atoms with Crippen molar-refractivity contribution in [1.29, 1.82) is 0 Å². The van der Waals surface area contributed by atoms with E-state index >= 15 is 0 Å². The lowest BCUT2D eigenvalue weighted by atomic mass is 10.2. The third-order valence-corrected chi connectivity index (χ3v) is 2.47. The summed E-state index contributed by atoms with van der Waals surface area (Å²) in [4.78, 5) is 28.0. The van der Waals surface area contributed by atoms with Crippen LogP contribution in [-0.4, -0.2) is 21.7 Å². The van der Waals surface area contributed by atoms with Crippen molar-refractivity contribution in [3.8, 4) is 0 Å². The highest BCUT2D eigenvalue weighted by atomic mass is 16.2. The molecule has 84 valence electrons. The SMILES string of the molecule is NNc1ccc(CN2C(=O)CCC2=O)cn1. The molecule has 6 heteroatoms. The number of nitrogens with one attached hydrogen (secondary N) is 1. The number of carbonyl (C=O) groups excluding carboxylic acids is 2. The molecule has 1 aromatic heterocycles. The van der Waals surface area contributed by atoms with Crippen molar-refractivity contribution in [1.82, 2.24) is 9.88 Å². The number of nitrogens with two attached hydrogens (primary N) is 1. The van der Waals surface area contributed by atoms with Crippen LogP contribution in [0.25, 0.3) is 0 Å². The molecule has 0 spiro atoms. The van der Waals surface area contributed by atoms with Gasteiger partial charge in [-0.2, -0.15) is 0 Å². The average molecular weight is 220 g/mol. The molecule has 2 rings (SSSR count). The molecule has 1 fully saturated rings. The predicted molar refractivity (Wildman–Crippen MR) is 56.8 cm³/mol. The van der Waals surface area contributed by atoms with Gasteiger partial charge >= 0.3 is 0 Å². The minimum atomic E-state index is -0.119. The smallest absolute Gasteiger partial charge is 0.229 e. The van der Waals surface area contributed by atoms with E-state index in [1.54, 1.807) is 18.3 Å². The number of hydrogen-bond acceptors (Lipinski definition) is 5. The Bertz CT molecular complexity index is 399. The van der Waals surface area contributed by atoms with Gasteiger partial charge in [-0.3, -0.25) is 14.5 Å². The van der Waals surface area contributed by atoms with Gasteiger partial charge in [0.25, 0.3) is 0 Å². The zero-order valence-electron chi connectivity index (χ0n) is 8.64. The summed E-state index contributed by atoms with van der Waals surface area (Å²) in [5.74, 6) is 5.48. The first-order valence-electron chi connectivity index (χ1n) is 4.95. The number of amides is 2. The molecule has 0 radical (unpaired) electrons. The van der Waals surface area contributed by atoms with E-state index in [1.807, 2.05) is 0 Å². The van der Waals surface area contributed by atoms with E-state index in [1.165, 1.54) is 4.90 Å². The molecule has 16 heavy (non-hydrogen) atoms. The Morgan fingerprint density at radius 2 is 2.00 bits per heavy atom. The maximum absolute atomic E-state index is 11.4. The van der Waals surface area contributed by atoms with Gasteiger partial charge in [-0.25, -0.2) is 10.8 Å². The van der Waals surface area contributed by atoms with Crippen LogP contribution in [0.5, 0.6) is 0 Å². The molecule has 1 saturated heterocycles. The van der Waals surface area contributed by atoms with E-state index < -0.39 is 0 Å². The maximum atomic E-state index is 11.4. The van der Waals surface area contributed by atoms with Crippen molar-refractivity contribution >= 4 is 17.6 Å². The second kappa shape index (κ2) is 4.28. The molecule has 0 aliphatic carbocycles. The van der Waals surface area contributed by atoms with Gasteiger partial charge in [0.2, 0.25) is 11.8 Å². The van der Waals surface area contributed by atoms with Gasteiger partial charge in [-0.1, -0.05) is 6.07 Å². The Morgan fingerprint density at radius 3 is 2.50 bits per heavy atom. The lowest BCUT2D eigenvalue weighted by Crippen LogP contribution is -2.28. The fraction of sp³-hybridized carbons (Fsp3) is 0.300. The number of aromatic nitrogens is 1. The topological polar surface area (TPSA) is 88.3 Å². The summed E-state index contributed by atoms with van der Waals surface area (Å²) in [7, 11) is 0. The lowest BCUT2D eigenvalue weighted by molar-refractivity contribution is -0.139. The van der Waals surface area contributed by atoms with E-state index in [-0.39, 0.29) is 18.4 Å². The highest BCUT2D eigenvalue weighted by Gasteiger charge is 2.28. The van der Waals surface area contributed by atoms with Crippen molar-refractivity contribution in [2.24, 2.45) is 5.84 Å². The Kier molecular flexibility index (Phi) is 2.82. The lowest BCUT2D eigenvalue weighted by Gasteiger charge is -2.13. The predicted octanol–water partition coefficient (Wildman–Crippen LogP) is 0.0162. The monoisotopic (exact) mass is 220 g/mol. The van der Waals surface area contributed by atoms with Crippen LogP contribution in [-0.2, 0) is 16.1 Å². The summed E-state index contributed by atoms with van der Waals surface area (Å²) >= 11 is 0. The molecular weight excluding hydrogens is 208 g/mol. The van der Waals surface area contributed by atoms with Crippen LogP contribution in [0.4, 0.5) is 5.82 Å². The summed E-state index contributed by atoms with van der Waals surface area (Å²) in [5, 5.41) is 0. The van der Waals surface area contributed by atoms with Crippen molar-refractivity contribution in [3.05, 3.63) is 23.9 Å². The fourth-order valence-electron chi connectivity index (χ4n) is 1.59. The van der Waals surface area contributed by atoms with Gasteiger partial charge in [0.1, 0.15) is 5.82 Å². The van der Waals surface area contributed by atoms with Crippen molar-refractivity contribution < 1.29 is 9.59 Å². The van der Waals surface area contributed by atoms with Gasteiger partial charge in [0, 0.05) is 19.0 Å². The number of carbonyl (C=O) groups is 2. The Morgan fingerprint density at radius 1 is 1.31 bits per heavy atom. The van der Waals surface area contributed by atoms with Crippen LogP contribution < -0.4 is 11.3 Å². The Balaban J connectivity index is 2.08. The van der Waals surface area contributed by atoms with Crippen molar-refractivity contribution in [3.63, 3.8) is 0 Å². The summed E-state index contributed by atoms with van der Waals surface area (Å²) in [6, 6.07) is 3.47. The van der Waals surface area contributed by atoms with Gasteiger partial charge in [-0.05, 0) is 11.6 Å². The highest BCUT2D eigenvalue weighted by molar-refractivity contribution is 6.01. The van der Waals surface area contributed by atoms with Crippen molar-refractivity contribution in [2.75, 3.05) is 5.43 Å². The summed E-state index contributed by atoms with van der Waals surface area (Å²) in [5.41, 5.74) is 3.21. The molecule has 0 unspecified atom stereocenters. The first-order valence-corrected chi connectivity index (χ1v) is 4.95. The number of likely N-dealkylation sites (tertiary alicyclic amines) is 1. The number of imide groups is 1. The van der Waals surface area contributed by atoms with E-state index in [0.717, 1.165) is 5.56 Å². The molecule has 0 saturated carbocycles. The molecule has 1 aliphatic heterocycles. The fourth-order valence-corrected chi connectivity index (χ4v) is 1.59. The minimum Gasteiger partial charge on any atom is -0.308 e.